The van der Waals surface area contributed by atoms with Gasteiger partial charge >= 0.3 is 0 Å². The van der Waals surface area contributed by atoms with Gasteiger partial charge in [-0.1, -0.05) is 76.9 Å². The highest BCUT2D eigenvalue weighted by Gasteiger charge is 2.51. The molecular formula is C31H61BrO2Si2. The minimum atomic E-state index is -1.94. The van der Waals surface area contributed by atoms with Crippen LogP contribution in [0, 0.1) is 23.2 Å². The summed E-state index contributed by atoms with van der Waals surface area (Å²) in [5.74, 6) is 2.29. The summed E-state index contributed by atoms with van der Waals surface area (Å²) in [5.41, 5.74) is 1.83. The monoisotopic (exact) mass is 600 g/mol. The summed E-state index contributed by atoms with van der Waals surface area (Å²) in [6, 6.07) is 0. The number of allylic oxidation sites excluding steroid dienone is 1. The fraction of sp³-hybridized carbons (Fsp3) is 0.935. The molecule has 2 nitrogen and oxygen atoms in total. The average molecular weight is 602 g/mol. The molecule has 0 N–H and O–H groups in total. The molecule has 0 heterocycles. The van der Waals surface area contributed by atoms with Crippen molar-refractivity contribution in [3.05, 3.63) is 10.6 Å². The van der Waals surface area contributed by atoms with E-state index in [1.165, 1.54) is 38.5 Å². The van der Waals surface area contributed by atoms with E-state index in [0.717, 1.165) is 18.3 Å². The van der Waals surface area contributed by atoms with Gasteiger partial charge in [0.2, 0.25) is 0 Å². The molecule has 0 bridgehead atoms. The summed E-state index contributed by atoms with van der Waals surface area (Å²) in [7, 11) is -3.87. The van der Waals surface area contributed by atoms with Crippen molar-refractivity contribution in [3.63, 3.8) is 0 Å². The maximum Gasteiger partial charge on any atom is 0.192 e. The highest BCUT2D eigenvalue weighted by Crippen LogP contribution is 2.60. The third-order valence-electron chi connectivity index (χ3n) is 11.1. The van der Waals surface area contributed by atoms with Crippen LogP contribution in [0.3, 0.4) is 0 Å². The smallest absolute Gasteiger partial charge is 0.192 e. The zero-order valence-corrected chi connectivity index (χ0v) is 30.1. The van der Waals surface area contributed by atoms with Crippen molar-refractivity contribution in [2.24, 2.45) is 23.2 Å². The van der Waals surface area contributed by atoms with Crippen LogP contribution in [0.4, 0.5) is 0 Å². The van der Waals surface area contributed by atoms with Crippen LogP contribution in [0.5, 0.6) is 0 Å². The molecule has 0 saturated heterocycles. The third-order valence-corrected chi connectivity index (χ3v) is 20.8. The van der Waals surface area contributed by atoms with Crippen molar-refractivity contribution >= 4 is 32.6 Å². The molecule has 0 aromatic rings. The normalized spacial score (nSPS) is 29.4. The first-order valence-electron chi connectivity index (χ1n) is 14.8. The van der Waals surface area contributed by atoms with Crippen LogP contribution in [-0.4, -0.2) is 28.3 Å². The lowest BCUT2D eigenvalue weighted by atomic mass is 9.61. The van der Waals surface area contributed by atoms with E-state index in [1.54, 1.807) is 5.57 Å². The summed E-state index contributed by atoms with van der Waals surface area (Å²) in [6.45, 7) is 33.5. The van der Waals surface area contributed by atoms with E-state index in [9.17, 15) is 0 Å². The van der Waals surface area contributed by atoms with Crippen molar-refractivity contribution < 1.29 is 8.85 Å². The second-order valence-electron chi connectivity index (χ2n) is 16.2. The van der Waals surface area contributed by atoms with E-state index in [1.807, 2.05) is 0 Å². The van der Waals surface area contributed by atoms with E-state index >= 15 is 0 Å². The molecule has 5 heteroatoms. The van der Waals surface area contributed by atoms with Crippen molar-refractivity contribution in [1.82, 2.24) is 0 Å². The second-order valence-corrected chi connectivity index (χ2v) is 26.1. The topological polar surface area (TPSA) is 18.5 Å². The molecule has 36 heavy (non-hydrogen) atoms. The summed E-state index contributed by atoms with van der Waals surface area (Å²) in [5, 5.41) is 0.380. The second kappa shape index (κ2) is 11.2. The maximum absolute atomic E-state index is 7.23. The lowest BCUT2D eigenvalue weighted by Gasteiger charge is -2.49. The van der Waals surface area contributed by atoms with Gasteiger partial charge < -0.3 is 8.85 Å². The number of rotatable bonds is 9. The van der Waals surface area contributed by atoms with Crippen molar-refractivity contribution in [2.75, 3.05) is 0 Å². The Hall–Kier alpha value is 0.574. The number of hydrogen-bond donors (Lipinski definition) is 0. The molecule has 2 aliphatic carbocycles. The average Bonchev–Trinajstić information content (AvgIpc) is 3.05. The van der Waals surface area contributed by atoms with Crippen molar-refractivity contribution in [2.45, 2.75) is 162 Å². The van der Waals surface area contributed by atoms with Gasteiger partial charge in [-0.2, -0.15) is 0 Å². The van der Waals surface area contributed by atoms with E-state index < -0.39 is 16.6 Å². The van der Waals surface area contributed by atoms with Gasteiger partial charge in [0, 0.05) is 0 Å². The molecule has 212 valence electrons. The van der Waals surface area contributed by atoms with Crippen molar-refractivity contribution in [1.29, 1.82) is 0 Å². The lowest BCUT2D eigenvalue weighted by Crippen LogP contribution is -2.56. The standard InChI is InChI=1S/C31H61BrO2Si2/c1-23(25-18-19-26-24(22-32)16-15-21-31(25,26)10)17-20-27(33-35(11,12)28(2,3)4)30(8,9)34-36(13,14)29(5,6)7/h22-23,25-27H,15-21H2,1-14H3/b24-22+/t23-,25-,26+,27-,31-/m1/s1. The van der Waals surface area contributed by atoms with Crippen LogP contribution < -0.4 is 0 Å². The highest BCUT2D eigenvalue weighted by atomic mass is 79.9. The Bertz CT molecular complexity index is 774. The fourth-order valence-electron chi connectivity index (χ4n) is 6.72. The zero-order chi connectivity index (χ0) is 28.0. The Balaban J connectivity index is 2.26. The molecule has 0 unspecified atom stereocenters. The molecule has 2 aliphatic rings. The molecule has 0 aromatic heterocycles. The van der Waals surface area contributed by atoms with Crippen LogP contribution in [0.1, 0.15) is 114 Å². The highest BCUT2D eigenvalue weighted by molar-refractivity contribution is 9.11. The molecule has 0 aromatic carbocycles. The molecule has 2 fully saturated rings. The zero-order valence-electron chi connectivity index (χ0n) is 26.5. The Morgan fingerprint density at radius 3 is 2.00 bits per heavy atom. The third kappa shape index (κ3) is 7.01. The Labute approximate surface area is 236 Å². The minimum Gasteiger partial charge on any atom is -0.411 e. The van der Waals surface area contributed by atoms with Gasteiger partial charge in [0.05, 0.1) is 11.7 Å². The number of hydrogen-bond acceptors (Lipinski definition) is 2. The van der Waals surface area contributed by atoms with Gasteiger partial charge in [-0.25, -0.2) is 0 Å². The van der Waals surface area contributed by atoms with Gasteiger partial charge in [-0.05, 0) is 123 Å². The van der Waals surface area contributed by atoms with E-state index in [4.69, 9.17) is 8.85 Å². The Morgan fingerprint density at radius 2 is 1.50 bits per heavy atom. The molecule has 5 atom stereocenters. The molecule has 0 amide bonds. The van der Waals surface area contributed by atoms with Crippen LogP contribution in [0.25, 0.3) is 0 Å². The van der Waals surface area contributed by atoms with E-state index in [2.05, 4.69) is 116 Å². The minimum absolute atomic E-state index is 0.129. The molecular weight excluding hydrogens is 540 g/mol. The molecule has 0 spiro atoms. The first-order chi connectivity index (χ1) is 16.1. The molecule has 0 aliphatic heterocycles. The van der Waals surface area contributed by atoms with Gasteiger partial charge in [-0.3, -0.25) is 0 Å². The summed E-state index contributed by atoms with van der Waals surface area (Å²) >= 11 is 3.70. The fourth-order valence-corrected chi connectivity index (χ4v) is 10.5. The van der Waals surface area contributed by atoms with Gasteiger partial charge in [0.1, 0.15) is 0 Å². The Kier molecular flexibility index (Phi) is 10.2. The first kappa shape index (κ1) is 32.8. The van der Waals surface area contributed by atoms with Crippen molar-refractivity contribution in [3.8, 4) is 0 Å². The number of halogens is 1. The van der Waals surface area contributed by atoms with Gasteiger partial charge in [0.15, 0.2) is 16.6 Å². The summed E-state index contributed by atoms with van der Waals surface area (Å²) in [6.07, 6.45) is 9.21. The molecule has 0 radical (unpaired) electrons. The first-order valence-corrected chi connectivity index (χ1v) is 21.5. The van der Waals surface area contributed by atoms with E-state index in [-0.39, 0.29) is 21.8 Å². The predicted molar refractivity (Wildman–Crippen MR) is 168 cm³/mol. The summed E-state index contributed by atoms with van der Waals surface area (Å²) < 4.78 is 14.4. The predicted octanol–water partition coefficient (Wildman–Crippen LogP) is 11.1. The Morgan fingerprint density at radius 1 is 0.944 bits per heavy atom. The van der Waals surface area contributed by atoms with E-state index in [0.29, 0.717) is 11.3 Å². The lowest BCUT2D eigenvalue weighted by molar-refractivity contribution is -0.0386. The maximum atomic E-state index is 7.23. The number of fused-ring (bicyclic) bond motifs is 1. The van der Waals surface area contributed by atoms with Crippen LogP contribution in [0.2, 0.25) is 36.3 Å². The van der Waals surface area contributed by atoms with Gasteiger partial charge in [0.25, 0.3) is 0 Å². The SMILES string of the molecule is C[C@H](CC[C@@H](O[Si](C)(C)C(C)(C)C)C(C)(C)O[Si](C)(C)C(C)(C)C)[C@H]1CC[C@H]2/C(=C/Br)CCC[C@]12C. The summed E-state index contributed by atoms with van der Waals surface area (Å²) in [4.78, 5) is 2.26. The van der Waals surface area contributed by atoms with Gasteiger partial charge in [-0.15, -0.1) is 0 Å². The van der Waals surface area contributed by atoms with Crippen LogP contribution in [0.15, 0.2) is 10.6 Å². The largest absolute Gasteiger partial charge is 0.411 e. The van der Waals surface area contributed by atoms with Crippen LogP contribution in [-0.2, 0) is 8.85 Å². The quantitative estimate of drug-likeness (QED) is 0.245. The molecule has 2 saturated carbocycles. The molecule has 2 rings (SSSR count). The van der Waals surface area contributed by atoms with Crippen LogP contribution >= 0.6 is 15.9 Å².